The zero-order valence-electron chi connectivity index (χ0n) is 16.1. The molecular weight excluding hydrogens is 340 g/mol. The third-order valence-corrected chi connectivity index (χ3v) is 3.68. The third kappa shape index (κ3) is 6.94. The summed E-state index contributed by atoms with van der Waals surface area (Å²) in [4.78, 5) is 0. The molecule has 0 aliphatic rings. The van der Waals surface area contributed by atoms with Gasteiger partial charge in [0.1, 0.15) is 18.1 Å². The molecule has 0 aromatic heterocycles. The van der Waals surface area contributed by atoms with E-state index in [0.29, 0.717) is 13.2 Å². The van der Waals surface area contributed by atoms with Gasteiger partial charge in [-0.2, -0.15) is 0 Å². The van der Waals surface area contributed by atoms with Crippen LogP contribution in [0.15, 0.2) is 78.9 Å². The van der Waals surface area contributed by atoms with E-state index in [1.807, 2.05) is 85.8 Å². The fourth-order valence-corrected chi connectivity index (χ4v) is 2.28. The van der Waals surface area contributed by atoms with Crippen molar-refractivity contribution in [2.45, 2.75) is 13.5 Å². The molecule has 0 aliphatic heterocycles. The van der Waals surface area contributed by atoms with Gasteiger partial charge in [-0.15, -0.1) is 0 Å². The van der Waals surface area contributed by atoms with Gasteiger partial charge in [0.2, 0.25) is 0 Å². The topological polar surface area (TPSA) is 36.9 Å². The van der Waals surface area contributed by atoms with Crippen LogP contribution in [-0.4, -0.2) is 20.8 Å². The van der Waals surface area contributed by atoms with Crippen molar-refractivity contribution in [2.24, 2.45) is 0 Å². The van der Waals surface area contributed by atoms with Crippen molar-refractivity contribution in [1.29, 1.82) is 0 Å². The summed E-state index contributed by atoms with van der Waals surface area (Å²) in [6.07, 6.45) is 0. The van der Waals surface area contributed by atoms with Crippen LogP contribution < -0.4 is 18.9 Å². The maximum Gasteiger partial charge on any atom is 0.161 e. The molecule has 142 valence electrons. The lowest BCUT2D eigenvalue weighted by molar-refractivity contribution is 0.269. The third-order valence-electron chi connectivity index (χ3n) is 3.68. The standard InChI is InChI=1S/C16H18O3.C7H8O/c1-3-18-15-6-4-5-7-16(15)19-12-13-8-10-14(17-2)11-9-13;1-8-7-5-3-2-4-6-7/h4-11H,3,12H2,1-2H3;2-6H,1H3. The Hall–Kier alpha value is -3.14. The summed E-state index contributed by atoms with van der Waals surface area (Å²) in [7, 11) is 3.32. The van der Waals surface area contributed by atoms with Gasteiger partial charge in [-0.3, -0.25) is 0 Å². The van der Waals surface area contributed by atoms with Crippen LogP contribution in [0.2, 0.25) is 0 Å². The Morgan fingerprint density at radius 2 is 1.11 bits per heavy atom. The number of rotatable bonds is 7. The molecule has 27 heavy (non-hydrogen) atoms. The van der Waals surface area contributed by atoms with Gasteiger partial charge >= 0.3 is 0 Å². The molecule has 0 bridgehead atoms. The predicted octanol–water partition coefficient (Wildman–Crippen LogP) is 5.37. The monoisotopic (exact) mass is 366 g/mol. The van der Waals surface area contributed by atoms with Crippen LogP contribution in [0.5, 0.6) is 23.0 Å². The van der Waals surface area contributed by atoms with E-state index < -0.39 is 0 Å². The van der Waals surface area contributed by atoms with E-state index in [1.54, 1.807) is 14.2 Å². The lowest BCUT2D eigenvalue weighted by Crippen LogP contribution is -1.99. The van der Waals surface area contributed by atoms with Crippen LogP contribution in [0.3, 0.4) is 0 Å². The van der Waals surface area contributed by atoms with E-state index in [9.17, 15) is 0 Å². The molecule has 0 radical (unpaired) electrons. The van der Waals surface area contributed by atoms with Gasteiger partial charge in [-0.1, -0.05) is 42.5 Å². The van der Waals surface area contributed by atoms with Crippen molar-refractivity contribution < 1.29 is 18.9 Å². The van der Waals surface area contributed by atoms with Crippen molar-refractivity contribution in [3.8, 4) is 23.0 Å². The smallest absolute Gasteiger partial charge is 0.161 e. The van der Waals surface area contributed by atoms with E-state index >= 15 is 0 Å². The molecule has 0 N–H and O–H groups in total. The molecule has 0 unspecified atom stereocenters. The van der Waals surface area contributed by atoms with Crippen LogP contribution >= 0.6 is 0 Å². The van der Waals surface area contributed by atoms with Crippen molar-refractivity contribution in [3.63, 3.8) is 0 Å². The quantitative estimate of drug-likeness (QED) is 0.563. The first kappa shape index (κ1) is 20.2. The fraction of sp³-hybridized carbons (Fsp3) is 0.217. The summed E-state index contributed by atoms with van der Waals surface area (Å²) in [6.45, 7) is 3.09. The summed E-state index contributed by atoms with van der Waals surface area (Å²) in [5.41, 5.74) is 1.09. The summed E-state index contributed by atoms with van der Waals surface area (Å²) in [6, 6.07) is 25.2. The van der Waals surface area contributed by atoms with Crippen molar-refractivity contribution in [3.05, 3.63) is 84.4 Å². The van der Waals surface area contributed by atoms with E-state index in [4.69, 9.17) is 18.9 Å². The second-order valence-electron chi connectivity index (χ2n) is 5.53. The molecule has 4 heteroatoms. The minimum Gasteiger partial charge on any atom is -0.497 e. The number of hydrogen-bond donors (Lipinski definition) is 0. The van der Waals surface area contributed by atoms with Gasteiger partial charge in [0.25, 0.3) is 0 Å². The number of para-hydroxylation sites is 3. The molecule has 0 heterocycles. The minimum atomic E-state index is 0.508. The second-order valence-corrected chi connectivity index (χ2v) is 5.53. The second kappa shape index (κ2) is 11.5. The van der Waals surface area contributed by atoms with Crippen LogP contribution in [0.25, 0.3) is 0 Å². The Kier molecular flexibility index (Phi) is 8.57. The van der Waals surface area contributed by atoms with Gasteiger partial charge in [-0.25, -0.2) is 0 Å². The molecule has 0 aliphatic carbocycles. The number of hydrogen-bond acceptors (Lipinski definition) is 4. The average molecular weight is 366 g/mol. The molecule has 3 aromatic rings. The summed E-state index contributed by atoms with van der Waals surface area (Å²) >= 11 is 0. The highest BCUT2D eigenvalue weighted by Gasteiger charge is 2.03. The first-order valence-corrected chi connectivity index (χ1v) is 8.83. The summed E-state index contributed by atoms with van der Waals surface area (Å²) in [5.74, 6) is 3.30. The first-order chi connectivity index (χ1) is 13.3. The molecule has 3 aromatic carbocycles. The maximum absolute atomic E-state index is 5.78. The zero-order valence-corrected chi connectivity index (χ0v) is 16.1. The normalized spacial score (nSPS) is 9.59. The molecule has 0 fully saturated rings. The Bertz CT molecular complexity index is 770. The van der Waals surface area contributed by atoms with Crippen molar-refractivity contribution in [1.82, 2.24) is 0 Å². The SMILES string of the molecule is CCOc1ccccc1OCc1ccc(OC)cc1.COc1ccccc1. The van der Waals surface area contributed by atoms with Gasteiger partial charge < -0.3 is 18.9 Å². The van der Waals surface area contributed by atoms with Crippen LogP contribution in [0.4, 0.5) is 0 Å². The van der Waals surface area contributed by atoms with E-state index in [1.165, 1.54) is 0 Å². The molecular formula is C23H26O4. The van der Waals surface area contributed by atoms with Crippen molar-refractivity contribution in [2.75, 3.05) is 20.8 Å². The highest BCUT2D eigenvalue weighted by molar-refractivity contribution is 5.39. The molecule has 4 nitrogen and oxygen atoms in total. The van der Waals surface area contributed by atoms with Gasteiger partial charge in [-0.05, 0) is 48.9 Å². The largest absolute Gasteiger partial charge is 0.497 e. The van der Waals surface area contributed by atoms with Crippen LogP contribution in [-0.2, 0) is 6.61 Å². The number of ether oxygens (including phenoxy) is 4. The lowest BCUT2D eigenvalue weighted by atomic mass is 10.2. The zero-order chi connectivity index (χ0) is 19.3. The van der Waals surface area contributed by atoms with Gasteiger partial charge in [0, 0.05) is 0 Å². The highest BCUT2D eigenvalue weighted by Crippen LogP contribution is 2.27. The Morgan fingerprint density at radius 3 is 1.63 bits per heavy atom. The average Bonchev–Trinajstić information content (AvgIpc) is 2.75. The molecule has 0 atom stereocenters. The van der Waals surface area contributed by atoms with Crippen molar-refractivity contribution >= 4 is 0 Å². The number of benzene rings is 3. The molecule has 0 saturated carbocycles. The fourth-order valence-electron chi connectivity index (χ4n) is 2.28. The van der Waals surface area contributed by atoms with Crippen LogP contribution in [0, 0.1) is 0 Å². The van der Waals surface area contributed by atoms with E-state index in [2.05, 4.69) is 0 Å². The molecule has 0 saturated heterocycles. The highest BCUT2D eigenvalue weighted by atomic mass is 16.5. The van der Waals surface area contributed by atoms with E-state index in [0.717, 1.165) is 28.6 Å². The summed E-state index contributed by atoms with van der Waals surface area (Å²) < 4.78 is 21.3. The predicted molar refractivity (Wildman–Crippen MR) is 108 cm³/mol. The number of methoxy groups -OCH3 is 2. The van der Waals surface area contributed by atoms with Crippen LogP contribution in [0.1, 0.15) is 12.5 Å². The molecule has 3 rings (SSSR count). The minimum absolute atomic E-state index is 0.508. The Balaban J connectivity index is 0.000000273. The molecule has 0 spiro atoms. The Morgan fingerprint density at radius 1 is 0.593 bits per heavy atom. The molecule has 0 amide bonds. The lowest BCUT2D eigenvalue weighted by Gasteiger charge is -2.11. The van der Waals surface area contributed by atoms with Gasteiger partial charge in [0.05, 0.1) is 20.8 Å². The maximum atomic E-state index is 5.78. The first-order valence-electron chi connectivity index (χ1n) is 8.83. The summed E-state index contributed by atoms with van der Waals surface area (Å²) in [5, 5.41) is 0. The van der Waals surface area contributed by atoms with Gasteiger partial charge in [0.15, 0.2) is 11.5 Å². The van der Waals surface area contributed by atoms with E-state index in [-0.39, 0.29) is 0 Å². The Labute approximate surface area is 161 Å².